The van der Waals surface area contributed by atoms with Crippen molar-refractivity contribution in [1.82, 2.24) is 0 Å². The van der Waals surface area contributed by atoms with Crippen LogP contribution in [0.5, 0.6) is 0 Å². The maximum absolute atomic E-state index is 10.1. The molecule has 0 aromatic rings. The molecule has 0 aliphatic rings. The second kappa shape index (κ2) is 2.86. The van der Waals surface area contributed by atoms with Crippen LogP contribution in [0.3, 0.4) is 0 Å². The zero-order valence-corrected chi connectivity index (χ0v) is 4.92. The Balaban J connectivity index is 4.17. The summed E-state index contributed by atoms with van der Waals surface area (Å²) in [6.07, 6.45) is 0.766. The number of ketones is 1. The fourth-order valence-electron chi connectivity index (χ4n) is 0.264. The van der Waals surface area contributed by atoms with Crippen LogP contribution in [0.1, 0.15) is 6.92 Å². The van der Waals surface area contributed by atoms with Crippen molar-refractivity contribution in [3.05, 3.63) is 11.8 Å². The third-order valence-corrected chi connectivity index (χ3v) is 0.592. The molecule has 0 atom stereocenters. The number of carbonyl (C=O) groups is 2. The van der Waals surface area contributed by atoms with Crippen LogP contribution in [-0.2, 0) is 9.59 Å². The Morgan fingerprint density at radius 3 is 2.11 bits per heavy atom. The van der Waals surface area contributed by atoms with Crippen molar-refractivity contribution >= 4 is 11.7 Å². The number of aliphatic hydroxyl groups is 1. The van der Waals surface area contributed by atoms with Gasteiger partial charge in [-0.2, -0.15) is 0 Å². The SMILES string of the molecule is CC(=O)C=C(O)C(N)=O. The highest BCUT2D eigenvalue weighted by molar-refractivity contribution is 5.98. The first-order valence-corrected chi connectivity index (χ1v) is 2.25. The minimum Gasteiger partial charge on any atom is -0.503 e. The maximum Gasteiger partial charge on any atom is 0.283 e. The fourth-order valence-corrected chi connectivity index (χ4v) is 0.264. The summed E-state index contributed by atoms with van der Waals surface area (Å²) in [5, 5.41) is 8.46. The van der Waals surface area contributed by atoms with E-state index in [0.717, 1.165) is 6.08 Å². The number of rotatable bonds is 2. The predicted octanol–water partition coefficient (Wildman–Crippen LogP) is -0.497. The van der Waals surface area contributed by atoms with Crippen molar-refractivity contribution in [3.63, 3.8) is 0 Å². The molecule has 50 valence electrons. The van der Waals surface area contributed by atoms with Gasteiger partial charge in [0.1, 0.15) is 0 Å². The Hall–Kier alpha value is -1.32. The Labute approximate surface area is 52.0 Å². The molecule has 0 heterocycles. The van der Waals surface area contributed by atoms with E-state index in [1.807, 2.05) is 0 Å². The summed E-state index contributed by atoms with van der Waals surface area (Å²) in [5.74, 6) is -2.11. The van der Waals surface area contributed by atoms with Crippen molar-refractivity contribution in [2.75, 3.05) is 0 Å². The minimum absolute atomic E-state index is 0.411. The monoisotopic (exact) mass is 129 g/mol. The number of hydrogen-bond acceptors (Lipinski definition) is 3. The van der Waals surface area contributed by atoms with E-state index in [0.29, 0.717) is 0 Å². The van der Waals surface area contributed by atoms with E-state index in [2.05, 4.69) is 5.73 Å². The van der Waals surface area contributed by atoms with Gasteiger partial charge >= 0.3 is 0 Å². The molecule has 0 spiro atoms. The average molecular weight is 129 g/mol. The molecule has 3 N–H and O–H groups in total. The van der Waals surface area contributed by atoms with Crippen LogP contribution in [0.25, 0.3) is 0 Å². The normalized spacial score (nSPS) is 11.0. The van der Waals surface area contributed by atoms with E-state index in [1.165, 1.54) is 6.92 Å². The molecular weight excluding hydrogens is 122 g/mol. The molecule has 0 unspecified atom stereocenters. The van der Waals surface area contributed by atoms with Gasteiger partial charge in [0.25, 0.3) is 5.91 Å². The summed E-state index contributed by atoms with van der Waals surface area (Å²) >= 11 is 0. The minimum atomic E-state index is -0.995. The van der Waals surface area contributed by atoms with Crippen molar-refractivity contribution < 1.29 is 14.7 Å². The fraction of sp³-hybridized carbons (Fsp3) is 0.200. The lowest BCUT2D eigenvalue weighted by Gasteiger charge is -1.87. The van der Waals surface area contributed by atoms with Crippen molar-refractivity contribution in [2.24, 2.45) is 5.73 Å². The van der Waals surface area contributed by atoms with Crippen LogP contribution in [0, 0.1) is 0 Å². The number of amides is 1. The van der Waals surface area contributed by atoms with Gasteiger partial charge in [-0.05, 0) is 6.92 Å². The lowest BCUT2D eigenvalue weighted by Crippen LogP contribution is -2.14. The molecule has 0 aromatic heterocycles. The van der Waals surface area contributed by atoms with Gasteiger partial charge in [-0.3, -0.25) is 9.59 Å². The van der Waals surface area contributed by atoms with Gasteiger partial charge in [0.2, 0.25) is 0 Å². The molecule has 0 saturated carbocycles. The van der Waals surface area contributed by atoms with E-state index in [9.17, 15) is 9.59 Å². The number of hydrogen-bond donors (Lipinski definition) is 2. The molecule has 0 aliphatic carbocycles. The second-order valence-corrected chi connectivity index (χ2v) is 1.50. The molecular formula is C5H7NO3. The van der Waals surface area contributed by atoms with Gasteiger partial charge in [-0.1, -0.05) is 0 Å². The van der Waals surface area contributed by atoms with Crippen LogP contribution in [-0.4, -0.2) is 16.8 Å². The highest BCUT2D eigenvalue weighted by Gasteiger charge is 2.00. The Kier molecular flexibility index (Phi) is 2.44. The maximum atomic E-state index is 10.1. The van der Waals surface area contributed by atoms with Crippen molar-refractivity contribution in [1.29, 1.82) is 0 Å². The molecule has 0 bridgehead atoms. The topological polar surface area (TPSA) is 80.4 Å². The van der Waals surface area contributed by atoms with E-state index in [-0.39, 0.29) is 0 Å². The second-order valence-electron chi connectivity index (χ2n) is 1.50. The molecule has 0 radical (unpaired) electrons. The molecule has 0 aromatic carbocycles. The van der Waals surface area contributed by atoms with Gasteiger partial charge in [0.05, 0.1) is 0 Å². The highest BCUT2D eigenvalue weighted by Crippen LogP contribution is 1.84. The summed E-state index contributed by atoms with van der Waals surface area (Å²) in [5.41, 5.74) is 4.57. The van der Waals surface area contributed by atoms with Crippen LogP contribution in [0.4, 0.5) is 0 Å². The number of primary amides is 1. The summed E-state index contributed by atoms with van der Waals surface area (Å²) < 4.78 is 0. The first-order valence-electron chi connectivity index (χ1n) is 2.25. The molecule has 0 fully saturated rings. The Morgan fingerprint density at radius 1 is 1.56 bits per heavy atom. The van der Waals surface area contributed by atoms with E-state index < -0.39 is 17.4 Å². The van der Waals surface area contributed by atoms with Crippen LogP contribution >= 0.6 is 0 Å². The molecule has 4 heteroatoms. The number of nitrogens with two attached hydrogens (primary N) is 1. The lowest BCUT2D eigenvalue weighted by molar-refractivity contribution is -0.118. The summed E-state index contributed by atoms with van der Waals surface area (Å²) in [4.78, 5) is 20.1. The molecule has 0 aliphatic heterocycles. The number of aliphatic hydroxyl groups excluding tert-OH is 1. The van der Waals surface area contributed by atoms with Gasteiger partial charge in [0, 0.05) is 6.08 Å². The molecule has 4 nitrogen and oxygen atoms in total. The van der Waals surface area contributed by atoms with Gasteiger partial charge in [-0.25, -0.2) is 0 Å². The lowest BCUT2D eigenvalue weighted by atomic mass is 10.3. The standard InChI is InChI=1S/C5H7NO3/c1-3(7)2-4(8)5(6)9/h2,8H,1H3,(H2,6,9). The Morgan fingerprint density at radius 2 is 2.00 bits per heavy atom. The van der Waals surface area contributed by atoms with E-state index in [1.54, 1.807) is 0 Å². The molecule has 1 amide bonds. The number of carbonyl (C=O) groups excluding carboxylic acids is 2. The van der Waals surface area contributed by atoms with Crippen LogP contribution in [0.2, 0.25) is 0 Å². The number of allylic oxidation sites excluding steroid dienone is 1. The predicted molar refractivity (Wildman–Crippen MR) is 30.6 cm³/mol. The van der Waals surface area contributed by atoms with Gasteiger partial charge in [0.15, 0.2) is 11.5 Å². The zero-order chi connectivity index (χ0) is 7.44. The first-order chi connectivity index (χ1) is 4.04. The molecule has 0 rings (SSSR count). The average Bonchev–Trinajstić information content (AvgIpc) is 1.63. The summed E-state index contributed by atoms with van der Waals surface area (Å²) in [6.45, 7) is 1.21. The Bertz CT molecular complexity index is 171. The summed E-state index contributed by atoms with van der Waals surface area (Å²) in [6, 6.07) is 0. The molecule has 0 saturated heterocycles. The van der Waals surface area contributed by atoms with Gasteiger partial charge < -0.3 is 10.8 Å². The summed E-state index contributed by atoms with van der Waals surface area (Å²) in [7, 11) is 0. The molecule has 9 heavy (non-hydrogen) atoms. The zero-order valence-electron chi connectivity index (χ0n) is 4.92. The van der Waals surface area contributed by atoms with Crippen molar-refractivity contribution in [2.45, 2.75) is 6.92 Å². The first kappa shape index (κ1) is 7.68. The van der Waals surface area contributed by atoms with Crippen LogP contribution < -0.4 is 5.73 Å². The third kappa shape index (κ3) is 3.28. The third-order valence-electron chi connectivity index (χ3n) is 0.592. The van der Waals surface area contributed by atoms with Gasteiger partial charge in [-0.15, -0.1) is 0 Å². The van der Waals surface area contributed by atoms with Crippen molar-refractivity contribution in [3.8, 4) is 0 Å². The quantitative estimate of drug-likeness (QED) is 0.389. The highest BCUT2D eigenvalue weighted by atomic mass is 16.3. The van der Waals surface area contributed by atoms with E-state index >= 15 is 0 Å². The van der Waals surface area contributed by atoms with Crippen LogP contribution in [0.15, 0.2) is 11.8 Å². The smallest absolute Gasteiger partial charge is 0.283 e. The largest absolute Gasteiger partial charge is 0.503 e. The van der Waals surface area contributed by atoms with E-state index in [4.69, 9.17) is 5.11 Å².